The molecule has 134 valence electrons. The molecule has 0 N–H and O–H groups in total. The third-order valence-corrected chi connectivity index (χ3v) is 6.65. The van der Waals surface area contributed by atoms with Gasteiger partial charge in [0.05, 0.1) is 24.0 Å². The van der Waals surface area contributed by atoms with E-state index in [-0.39, 0.29) is 41.5 Å². The third-order valence-electron chi connectivity index (χ3n) is 6.65. The maximum Gasteiger partial charge on any atom is 0.139 e. The lowest BCUT2D eigenvalue weighted by Gasteiger charge is -2.49. The topological polar surface area (TPSA) is 43.4 Å². The zero-order valence-electron chi connectivity index (χ0n) is 14.9. The molecule has 1 heterocycles. The molecule has 0 radical (unpaired) electrons. The molecule has 2 aliphatic carbocycles. The molecular formula is C23H24O3. The zero-order chi connectivity index (χ0) is 17.7. The van der Waals surface area contributed by atoms with Gasteiger partial charge in [0.25, 0.3) is 0 Å². The van der Waals surface area contributed by atoms with E-state index in [1.807, 2.05) is 12.1 Å². The average molecular weight is 348 g/mol. The first-order valence-corrected chi connectivity index (χ1v) is 9.92. The molecule has 3 heteroatoms. The van der Waals surface area contributed by atoms with E-state index < -0.39 is 0 Å². The molecule has 2 aromatic rings. The van der Waals surface area contributed by atoms with Crippen molar-refractivity contribution in [2.45, 2.75) is 56.7 Å². The van der Waals surface area contributed by atoms with Crippen LogP contribution < -0.4 is 0 Å². The third kappa shape index (κ3) is 2.52. The minimum atomic E-state index is -0.159. The molecule has 1 saturated heterocycles. The highest BCUT2D eigenvalue weighted by Crippen LogP contribution is 2.50. The zero-order valence-corrected chi connectivity index (χ0v) is 14.9. The lowest BCUT2D eigenvalue weighted by Crippen LogP contribution is -2.54. The average Bonchev–Trinajstić information content (AvgIpc) is 2.66. The lowest BCUT2D eigenvalue weighted by molar-refractivity contribution is -0.171. The van der Waals surface area contributed by atoms with E-state index in [1.165, 1.54) is 10.8 Å². The Hall–Kier alpha value is -2.00. The van der Waals surface area contributed by atoms with E-state index in [0.29, 0.717) is 12.8 Å². The highest BCUT2D eigenvalue weighted by atomic mass is 16.5. The smallest absolute Gasteiger partial charge is 0.139 e. The van der Waals surface area contributed by atoms with Gasteiger partial charge in [-0.1, -0.05) is 42.5 Å². The maximum absolute atomic E-state index is 12.9. The van der Waals surface area contributed by atoms with E-state index >= 15 is 0 Å². The minimum absolute atomic E-state index is 0.0140. The molecule has 5 rings (SSSR count). The fourth-order valence-electron chi connectivity index (χ4n) is 5.51. The molecule has 2 saturated carbocycles. The molecule has 0 aromatic heterocycles. The summed E-state index contributed by atoms with van der Waals surface area (Å²) in [4.78, 5) is 25.7. The van der Waals surface area contributed by atoms with Crippen molar-refractivity contribution in [1.29, 1.82) is 0 Å². The first-order chi connectivity index (χ1) is 12.7. The fourth-order valence-corrected chi connectivity index (χ4v) is 5.51. The van der Waals surface area contributed by atoms with Gasteiger partial charge in [0, 0.05) is 18.8 Å². The summed E-state index contributed by atoms with van der Waals surface area (Å²) in [6, 6.07) is 14.8. The molecule has 3 fully saturated rings. The number of carbonyl (C=O) groups excluding carboxylic acids is 2. The Kier molecular flexibility index (Phi) is 3.93. The normalized spacial score (nSPS) is 34.4. The van der Waals surface area contributed by atoms with Gasteiger partial charge in [0.1, 0.15) is 11.6 Å². The summed E-state index contributed by atoms with van der Waals surface area (Å²) < 4.78 is 6.33. The predicted octanol–water partition coefficient (Wildman–Crippen LogP) is 4.43. The second-order valence-corrected chi connectivity index (χ2v) is 8.11. The summed E-state index contributed by atoms with van der Waals surface area (Å²) in [5, 5.41) is 2.37. The summed E-state index contributed by atoms with van der Waals surface area (Å²) in [7, 11) is 0. The van der Waals surface area contributed by atoms with Crippen LogP contribution in [0, 0.1) is 11.8 Å². The van der Waals surface area contributed by atoms with Gasteiger partial charge in [-0.2, -0.15) is 0 Å². The number of rotatable bonds is 1. The van der Waals surface area contributed by atoms with Crippen LogP contribution in [0.3, 0.4) is 0 Å². The van der Waals surface area contributed by atoms with Crippen LogP contribution in [-0.2, 0) is 14.3 Å². The van der Waals surface area contributed by atoms with Crippen molar-refractivity contribution >= 4 is 22.3 Å². The van der Waals surface area contributed by atoms with Crippen molar-refractivity contribution in [3.05, 3.63) is 48.0 Å². The number of ketones is 2. The summed E-state index contributed by atoms with van der Waals surface area (Å²) in [6.45, 7) is 0. The van der Waals surface area contributed by atoms with Gasteiger partial charge < -0.3 is 4.74 Å². The first kappa shape index (κ1) is 16.2. The summed E-state index contributed by atoms with van der Waals surface area (Å²) in [5.74, 6) is 0.234. The van der Waals surface area contributed by atoms with E-state index in [9.17, 15) is 9.59 Å². The van der Waals surface area contributed by atoms with Crippen molar-refractivity contribution in [3.8, 4) is 0 Å². The number of Topliss-reactive ketones (excluding diaryl/α,β-unsaturated/α-hetero) is 2. The Morgan fingerprint density at radius 2 is 1.35 bits per heavy atom. The van der Waals surface area contributed by atoms with Crippen LogP contribution >= 0.6 is 0 Å². The van der Waals surface area contributed by atoms with Gasteiger partial charge in [0.2, 0.25) is 0 Å². The van der Waals surface area contributed by atoms with Crippen molar-refractivity contribution in [2.24, 2.45) is 11.8 Å². The Balaban J connectivity index is 1.64. The van der Waals surface area contributed by atoms with E-state index in [1.54, 1.807) is 0 Å². The molecule has 26 heavy (non-hydrogen) atoms. The maximum atomic E-state index is 12.9. The van der Waals surface area contributed by atoms with E-state index in [2.05, 4.69) is 30.3 Å². The molecule has 2 aromatic carbocycles. The number of ether oxygens (including phenoxy) is 1. The number of benzene rings is 2. The van der Waals surface area contributed by atoms with Crippen molar-refractivity contribution in [3.63, 3.8) is 0 Å². The van der Waals surface area contributed by atoms with Gasteiger partial charge in [-0.25, -0.2) is 0 Å². The quantitative estimate of drug-likeness (QED) is 0.766. The van der Waals surface area contributed by atoms with Crippen molar-refractivity contribution in [2.75, 3.05) is 0 Å². The molecule has 1 aliphatic heterocycles. The Bertz CT molecular complexity index is 839. The molecule has 4 atom stereocenters. The lowest BCUT2D eigenvalue weighted by atomic mass is 9.62. The summed E-state index contributed by atoms with van der Waals surface area (Å²) >= 11 is 0. The second-order valence-electron chi connectivity index (χ2n) is 8.11. The van der Waals surface area contributed by atoms with Crippen LogP contribution in [-0.4, -0.2) is 23.8 Å². The summed E-state index contributed by atoms with van der Waals surface area (Å²) in [6.07, 6.45) is 4.93. The molecule has 4 unspecified atom stereocenters. The largest absolute Gasteiger partial charge is 0.373 e. The minimum Gasteiger partial charge on any atom is -0.373 e. The molecule has 0 amide bonds. The number of carbonyl (C=O) groups is 2. The van der Waals surface area contributed by atoms with Crippen LogP contribution in [0.5, 0.6) is 0 Å². The van der Waals surface area contributed by atoms with Gasteiger partial charge >= 0.3 is 0 Å². The van der Waals surface area contributed by atoms with Crippen molar-refractivity contribution in [1.82, 2.24) is 0 Å². The first-order valence-electron chi connectivity index (χ1n) is 9.92. The summed E-state index contributed by atoms with van der Waals surface area (Å²) in [5.41, 5.74) is 1.14. The highest BCUT2D eigenvalue weighted by Gasteiger charge is 2.53. The van der Waals surface area contributed by atoms with Crippen LogP contribution in [0.1, 0.15) is 50.0 Å². The van der Waals surface area contributed by atoms with Crippen LogP contribution in [0.25, 0.3) is 10.8 Å². The monoisotopic (exact) mass is 348 g/mol. The molecule has 0 bridgehead atoms. The Morgan fingerprint density at radius 3 is 2.00 bits per heavy atom. The second kappa shape index (κ2) is 6.31. The Morgan fingerprint density at radius 1 is 0.731 bits per heavy atom. The van der Waals surface area contributed by atoms with Gasteiger partial charge in [0.15, 0.2) is 0 Å². The molecule has 0 spiro atoms. The number of hydrogen-bond donors (Lipinski definition) is 0. The van der Waals surface area contributed by atoms with Gasteiger partial charge in [-0.3, -0.25) is 9.59 Å². The standard InChI is InChI=1S/C23H24O3/c24-17-7-3-9-19-22(17)21(23-18(25)8-4-10-20(23)26-19)16-12-11-14-5-1-2-6-15(14)13-16/h1-2,5-6,11-13,19-23H,3-4,7-10H2. The molecule has 3 nitrogen and oxygen atoms in total. The van der Waals surface area contributed by atoms with Gasteiger partial charge in [-0.05, 0) is 42.0 Å². The molecule has 3 aliphatic rings. The highest BCUT2D eigenvalue weighted by molar-refractivity contribution is 5.89. The van der Waals surface area contributed by atoms with Crippen LogP contribution in [0.2, 0.25) is 0 Å². The molecular weight excluding hydrogens is 324 g/mol. The fraction of sp³-hybridized carbons (Fsp3) is 0.478. The van der Waals surface area contributed by atoms with Crippen LogP contribution in [0.4, 0.5) is 0 Å². The van der Waals surface area contributed by atoms with Gasteiger partial charge in [-0.15, -0.1) is 0 Å². The van der Waals surface area contributed by atoms with Crippen molar-refractivity contribution < 1.29 is 14.3 Å². The van der Waals surface area contributed by atoms with E-state index in [0.717, 1.165) is 31.2 Å². The van der Waals surface area contributed by atoms with Crippen LogP contribution in [0.15, 0.2) is 42.5 Å². The van der Waals surface area contributed by atoms with E-state index in [4.69, 9.17) is 4.74 Å². The SMILES string of the molecule is O=C1CCCC2OC3CCCC(=O)C3C(c3ccc4ccccc4c3)C12. The Labute approximate surface area is 153 Å². The number of fused-ring (bicyclic) bond motifs is 3. The predicted molar refractivity (Wildman–Crippen MR) is 100 cm³/mol. The number of hydrogen-bond acceptors (Lipinski definition) is 3.